The number of unbranched alkanes of at least 4 members (excludes halogenated alkanes) is 1. The second-order valence-electron chi connectivity index (χ2n) is 7.97. The van der Waals surface area contributed by atoms with Crippen LogP contribution in [0, 0.1) is 10.8 Å². The average molecular weight is 354 g/mol. The molecule has 1 rings (SSSR count). The fourth-order valence-electron chi connectivity index (χ4n) is 3.80. The number of isocyanates is 1. The van der Waals surface area contributed by atoms with Crippen molar-refractivity contribution in [3.05, 3.63) is 0 Å². The molecular weight excluding hydrogens is 324 g/mol. The first-order valence-electron chi connectivity index (χ1n) is 8.77. The summed E-state index contributed by atoms with van der Waals surface area (Å²) < 4.78 is 9.94. The third-order valence-corrected chi connectivity index (χ3v) is 4.39. The maximum Gasteiger partial charge on any atom is 0.407 e. The van der Waals surface area contributed by atoms with Gasteiger partial charge < -0.3 is 14.8 Å². The van der Waals surface area contributed by atoms with Crippen LogP contribution in [0.4, 0.5) is 4.79 Å². The SMILES string of the molecule is CC(=O)OCCCCOC(=O)NCC1(C)CC(N=C=O)CC(C)(C)C1. The van der Waals surface area contributed by atoms with E-state index in [9.17, 15) is 14.4 Å². The second-order valence-corrected chi connectivity index (χ2v) is 7.97. The third-order valence-electron chi connectivity index (χ3n) is 4.39. The van der Waals surface area contributed by atoms with Gasteiger partial charge in [-0.05, 0) is 42.9 Å². The number of carbonyl (C=O) groups is 2. The highest BCUT2D eigenvalue weighted by atomic mass is 16.5. The number of amides is 1. The first-order chi connectivity index (χ1) is 11.7. The van der Waals surface area contributed by atoms with E-state index in [4.69, 9.17) is 9.47 Å². The summed E-state index contributed by atoms with van der Waals surface area (Å²) in [7, 11) is 0. The Morgan fingerprint density at radius 2 is 1.80 bits per heavy atom. The van der Waals surface area contributed by atoms with Crippen LogP contribution in [0.5, 0.6) is 0 Å². The minimum atomic E-state index is -0.451. The first kappa shape index (κ1) is 21.2. The number of hydrogen-bond acceptors (Lipinski definition) is 6. The van der Waals surface area contributed by atoms with E-state index in [-0.39, 0.29) is 29.4 Å². The molecule has 0 saturated heterocycles. The number of alkyl carbamates (subject to hydrolysis) is 1. The zero-order chi connectivity index (χ0) is 18.9. The van der Waals surface area contributed by atoms with Crippen LogP contribution in [-0.2, 0) is 19.1 Å². The van der Waals surface area contributed by atoms with Crippen molar-refractivity contribution >= 4 is 18.1 Å². The largest absolute Gasteiger partial charge is 0.466 e. The molecule has 0 bridgehead atoms. The van der Waals surface area contributed by atoms with Crippen LogP contribution in [0.1, 0.15) is 59.8 Å². The molecule has 1 aliphatic carbocycles. The molecule has 25 heavy (non-hydrogen) atoms. The van der Waals surface area contributed by atoms with Crippen molar-refractivity contribution in [3.63, 3.8) is 0 Å². The molecule has 142 valence electrons. The molecule has 1 N–H and O–H groups in total. The number of nitrogens with one attached hydrogen (secondary N) is 1. The van der Waals surface area contributed by atoms with Crippen molar-refractivity contribution < 1.29 is 23.9 Å². The van der Waals surface area contributed by atoms with Crippen molar-refractivity contribution in [3.8, 4) is 0 Å². The van der Waals surface area contributed by atoms with E-state index >= 15 is 0 Å². The standard InChI is InChI=1S/C18H30N2O5/c1-14(22)24-7-5-6-8-25-16(23)19-12-18(4)10-15(20-13-21)9-17(2,3)11-18/h15H,5-12H2,1-4H3,(H,19,23). The van der Waals surface area contributed by atoms with E-state index in [1.807, 2.05) is 0 Å². The van der Waals surface area contributed by atoms with E-state index in [0.717, 1.165) is 19.3 Å². The van der Waals surface area contributed by atoms with Crippen molar-refractivity contribution in [2.45, 2.75) is 65.8 Å². The summed E-state index contributed by atoms with van der Waals surface area (Å²) >= 11 is 0. The Morgan fingerprint density at radius 1 is 1.16 bits per heavy atom. The fourth-order valence-corrected chi connectivity index (χ4v) is 3.80. The molecule has 0 aliphatic heterocycles. The van der Waals surface area contributed by atoms with Crippen LogP contribution in [-0.4, -0.2) is 43.9 Å². The topological polar surface area (TPSA) is 94.1 Å². The fraction of sp³-hybridized carbons (Fsp3) is 0.833. The Morgan fingerprint density at radius 3 is 2.40 bits per heavy atom. The number of aliphatic imine (C=N–C) groups is 1. The second kappa shape index (κ2) is 9.56. The monoisotopic (exact) mass is 354 g/mol. The number of carbonyl (C=O) groups excluding carboxylic acids is 3. The van der Waals surface area contributed by atoms with Gasteiger partial charge in [0.2, 0.25) is 6.08 Å². The molecule has 2 atom stereocenters. The Balaban J connectivity index is 2.33. The van der Waals surface area contributed by atoms with E-state index < -0.39 is 6.09 Å². The zero-order valence-electron chi connectivity index (χ0n) is 15.7. The van der Waals surface area contributed by atoms with Gasteiger partial charge in [0.25, 0.3) is 0 Å². The highest BCUT2D eigenvalue weighted by Gasteiger charge is 2.41. The summed E-state index contributed by atoms with van der Waals surface area (Å²) in [5.41, 5.74) is -0.0819. The van der Waals surface area contributed by atoms with Gasteiger partial charge in [0, 0.05) is 13.5 Å². The normalized spacial score (nSPS) is 24.7. The number of esters is 1. The molecule has 7 nitrogen and oxygen atoms in total. The summed E-state index contributed by atoms with van der Waals surface area (Å²) in [6.07, 6.45) is 5.04. The van der Waals surface area contributed by atoms with Gasteiger partial charge in [-0.15, -0.1) is 0 Å². The number of ether oxygens (including phenoxy) is 2. The highest BCUT2D eigenvalue weighted by molar-refractivity contribution is 5.67. The quantitative estimate of drug-likeness (QED) is 0.313. The Kier molecular flexibility index (Phi) is 8.10. The molecule has 1 saturated carbocycles. The summed E-state index contributed by atoms with van der Waals surface area (Å²) in [5, 5.41) is 2.82. The third kappa shape index (κ3) is 8.68. The highest BCUT2D eigenvalue weighted by Crippen LogP contribution is 2.46. The lowest BCUT2D eigenvalue weighted by atomic mass is 9.63. The molecular formula is C18H30N2O5. The molecule has 7 heteroatoms. The predicted octanol–water partition coefficient (Wildman–Crippen LogP) is 2.98. The molecule has 1 aliphatic rings. The molecule has 0 spiro atoms. The maximum atomic E-state index is 11.8. The van der Waals surface area contributed by atoms with E-state index in [0.29, 0.717) is 26.0 Å². The Hall–Kier alpha value is -1.88. The predicted molar refractivity (Wildman–Crippen MR) is 92.9 cm³/mol. The van der Waals surface area contributed by atoms with Gasteiger partial charge in [0.15, 0.2) is 0 Å². The van der Waals surface area contributed by atoms with Crippen LogP contribution in [0.2, 0.25) is 0 Å². The lowest BCUT2D eigenvalue weighted by Gasteiger charge is -2.45. The lowest BCUT2D eigenvalue weighted by Crippen LogP contribution is -2.44. The van der Waals surface area contributed by atoms with Gasteiger partial charge in [0.1, 0.15) is 0 Å². The summed E-state index contributed by atoms with van der Waals surface area (Å²) in [6.45, 7) is 8.87. The van der Waals surface area contributed by atoms with Crippen molar-refractivity contribution in [2.24, 2.45) is 15.8 Å². The van der Waals surface area contributed by atoms with Gasteiger partial charge in [-0.25, -0.2) is 14.6 Å². The van der Waals surface area contributed by atoms with Gasteiger partial charge in [0.05, 0.1) is 19.3 Å². The lowest BCUT2D eigenvalue weighted by molar-refractivity contribution is -0.141. The van der Waals surface area contributed by atoms with Gasteiger partial charge >= 0.3 is 12.1 Å². The average Bonchev–Trinajstić information content (AvgIpc) is 2.47. The van der Waals surface area contributed by atoms with Gasteiger partial charge in [-0.2, -0.15) is 0 Å². The number of rotatable bonds is 8. The van der Waals surface area contributed by atoms with Crippen LogP contribution >= 0.6 is 0 Å². The molecule has 0 radical (unpaired) electrons. The first-order valence-corrected chi connectivity index (χ1v) is 8.77. The van der Waals surface area contributed by atoms with Crippen LogP contribution in [0.3, 0.4) is 0 Å². The zero-order valence-corrected chi connectivity index (χ0v) is 15.7. The molecule has 0 aromatic carbocycles. The van der Waals surface area contributed by atoms with Gasteiger partial charge in [-0.3, -0.25) is 4.79 Å². The molecule has 2 unspecified atom stereocenters. The van der Waals surface area contributed by atoms with E-state index in [1.54, 1.807) is 6.08 Å². The molecule has 0 aromatic rings. The number of nitrogens with zero attached hydrogens (tertiary/aromatic N) is 1. The smallest absolute Gasteiger partial charge is 0.407 e. The Bertz CT molecular complexity index is 514. The van der Waals surface area contributed by atoms with Crippen LogP contribution in [0.15, 0.2) is 4.99 Å². The summed E-state index contributed by atoms with van der Waals surface area (Å²) in [6, 6.07) is -0.0506. The molecule has 1 amide bonds. The summed E-state index contributed by atoms with van der Waals surface area (Å²) in [5.74, 6) is -0.306. The minimum Gasteiger partial charge on any atom is -0.466 e. The van der Waals surface area contributed by atoms with Gasteiger partial charge in [-0.1, -0.05) is 20.8 Å². The number of hydrogen-bond donors (Lipinski definition) is 1. The van der Waals surface area contributed by atoms with E-state index in [1.165, 1.54) is 6.92 Å². The van der Waals surface area contributed by atoms with E-state index in [2.05, 4.69) is 31.1 Å². The molecule has 0 heterocycles. The van der Waals surface area contributed by atoms with Crippen LogP contribution in [0.25, 0.3) is 0 Å². The van der Waals surface area contributed by atoms with Crippen LogP contribution < -0.4 is 5.32 Å². The van der Waals surface area contributed by atoms with Crippen molar-refractivity contribution in [2.75, 3.05) is 19.8 Å². The maximum absolute atomic E-state index is 11.8. The summed E-state index contributed by atoms with van der Waals surface area (Å²) in [4.78, 5) is 36.9. The molecule has 1 fully saturated rings. The molecule has 0 aromatic heterocycles. The van der Waals surface area contributed by atoms with Crippen molar-refractivity contribution in [1.82, 2.24) is 5.32 Å². The Labute approximate surface area is 149 Å². The van der Waals surface area contributed by atoms with Crippen molar-refractivity contribution in [1.29, 1.82) is 0 Å². The minimum absolute atomic E-state index is 0.0506.